The molecule has 0 spiro atoms. The third kappa shape index (κ3) is 5.24. The van der Waals surface area contributed by atoms with Crippen LogP contribution in [0.3, 0.4) is 0 Å². The Labute approximate surface area is 169 Å². The van der Waals surface area contributed by atoms with Crippen LogP contribution in [0, 0.1) is 0 Å². The lowest BCUT2D eigenvalue weighted by Crippen LogP contribution is -2.22. The first-order valence-corrected chi connectivity index (χ1v) is 10.1. The molecule has 7 nitrogen and oxygen atoms in total. The van der Waals surface area contributed by atoms with Crippen molar-refractivity contribution in [3.63, 3.8) is 0 Å². The molecule has 3 rings (SSSR count). The lowest BCUT2D eigenvalue weighted by Gasteiger charge is -2.07. The van der Waals surface area contributed by atoms with Gasteiger partial charge in [-0.1, -0.05) is 6.07 Å². The molecule has 0 fully saturated rings. The average Bonchev–Trinajstić information content (AvgIpc) is 3.37. The van der Waals surface area contributed by atoms with Crippen molar-refractivity contribution < 1.29 is 19.1 Å². The Morgan fingerprint density at radius 3 is 2.79 bits per heavy atom. The van der Waals surface area contributed by atoms with Crippen molar-refractivity contribution in [2.75, 3.05) is 19.0 Å². The van der Waals surface area contributed by atoms with Gasteiger partial charge in [-0.2, -0.15) is 11.3 Å². The normalized spacial score (nSPS) is 10.3. The second-order valence-electron chi connectivity index (χ2n) is 5.70. The van der Waals surface area contributed by atoms with Crippen LogP contribution in [-0.2, 0) is 20.7 Å². The fourth-order valence-electron chi connectivity index (χ4n) is 2.33. The summed E-state index contributed by atoms with van der Waals surface area (Å²) in [6.45, 7) is -0.412. The minimum atomic E-state index is -0.531. The predicted octanol–water partition coefficient (Wildman–Crippen LogP) is 2.96. The number of amides is 2. The van der Waals surface area contributed by atoms with E-state index in [0.717, 1.165) is 10.6 Å². The van der Waals surface area contributed by atoms with Crippen LogP contribution in [0.1, 0.15) is 16.1 Å². The number of carbonyl (C=O) groups excluding carboxylic acids is 3. The zero-order valence-electron chi connectivity index (χ0n) is 14.9. The number of aromatic nitrogens is 1. The van der Waals surface area contributed by atoms with E-state index in [9.17, 15) is 14.4 Å². The monoisotopic (exact) mass is 415 g/mol. The van der Waals surface area contributed by atoms with E-state index < -0.39 is 18.5 Å². The Morgan fingerprint density at radius 1 is 1.18 bits per heavy atom. The maximum absolute atomic E-state index is 12.0. The summed E-state index contributed by atoms with van der Waals surface area (Å²) >= 11 is 3.04. The number of rotatable bonds is 7. The highest BCUT2D eigenvalue weighted by atomic mass is 32.1. The first kappa shape index (κ1) is 19.7. The molecule has 0 aliphatic heterocycles. The van der Waals surface area contributed by atoms with Gasteiger partial charge >= 0.3 is 5.97 Å². The highest BCUT2D eigenvalue weighted by molar-refractivity contribution is 7.14. The molecule has 144 valence electrons. The summed E-state index contributed by atoms with van der Waals surface area (Å²) in [4.78, 5) is 40.0. The van der Waals surface area contributed by atoms with Crippen molar-refractivity contribution in [3.05, 3.63) is 57.7 Å². The molecule has 0 saturated carbocycles. The number of anilines is 1. The number of hydrogen-bond acceptors (Lipinski definition) is 7. The van der Waals surface area contributed by atoms with E-state index in [-0.39, 0.29) is 12.3 Å². The molecule has 0 atom stereocenters. The molecule has 0 aliphatic carbocycles. The second-order valence-corrected chi connectivity index (χ2v) is 7.34. The van der Waals surface area contributed by atoms with Gasteiger partial charge in [-0.15, -0.1) is 11.3 Å². The van der Waals surface area contributed by atoms with E-state index in [4.69, 9.17) is 4.74 Å². The van der Waals surface area contributed by atoms with Crippen LogP contribution in [0.4, 0.5) is 5.69 Å². The molecule has 0 saturated heterocycles. The molecule has 28 heavy (non-hydrogen) atoms. The van der Waals surface area contributed by atoms with E-state index in [1.165, 1.54) is 18.4 Å². The molecule has 2 amide bonds. The fraction of sp³-hybridized carbons (Fsp3) is 0.158. The summed E-state index contributed by atoms with van der Waals surface area (Å²) in [5, 5.41) is 11.7. The summed E-state index contributed by atoms with van der Waals surface area (Å²) in [7, 11) is 1.53. The molecule has 2 N–H and O–H groups in total. The van der Waals surface area contributed by atoms with Crippen molar-refractivity contribution in [1.82, 2.24) is 10.3 Å². The van der Waals surface area contributed by atoms with Gasteiger partial charge in [-0.05, 0) is 29.6 Å². The molecule has 1 aromatic carbocycles. The lowest BCUT2D eigenvalue weighted by atomic mass is 10.2. The number of esters is 1. The highest BCUT2D eigenvalue weighted by Gasteiger charge is 2.13. The Hall–Kier alpha value is -3.04. The fourth-order valence-corrected chi connectivity index (χ4v) is 3.86. The minimum absolute atomic E-state index is 0.0000729. The molecule has 3 aromatic rings. The van der Waals surface area contributed by atoms with Gasteiger partial charge in [-0.3, -0.25) is 14.4 Å². The number of thiophene rings is 1. The van der Waals surface area contributed by atoms with Crippen molar-refractivity contribution in [1.29, 1.82) is 0 Å². The van der Waals surface area contributed by atoms with E-state index >= 15 is 0 Å². The van der Waals surface area contributed by atoms with Gasteiger partial charge in [0.2, 0.25) is 0 Å². The summed E-state index contributed by atoms with van der Waals surface area (Å²) < 4.78 is 5.02. The van der Waals surface area contributed by atoms with Crippen molar-refractivity contribution >= 4 is 46.1 Å². The van der Waals surface area contributed by atoms with Crippen LogP contribution >= 0.6 is 22.7 Å². The van der Waals surface area contributed by atoms with E-state index in [1.807, 2.05) is 16.8 Å². The molecule has 0 aliphatic rings. The average molecular weight is 415 g/mol. The Kier molecular flexibility index (Phi) is 6.51. The van der Waals surface area contributed by atoms with Crippen LogP contribution in [0.15, 0.2) is 46.5 Å². The summed E-state index contributed by atoms with van der Waals surface area (Å²) in [6, 6.07) is 8.44. The van der Waals surface area contributed by atoms with Gasteiger partial charge in [-0.25, -0.2) is 4.98 Å². The van der Waals surface area contributed by atoms with Gasteiger partial charge in [0.25, 0.3) is 11.8 Å². The number of hydrogen-bond donors (Lipinski definition) is 2. The molecule has 0 radical (unpaired) electrons. The van der Waals surface area contributed by atoms with E-state index in [0.29, 0.717) is 16.9 Å². The molecule has 2 heterocycles. The number of nitrogens with zero attached hydrogens (tertiary/aromatic N) is 1. The van der Waals surface area contributed by atoms with Crippen LogP contribution in [0.5, 0.6) is 0 Å². The first-order valence-electron chi connectivity index (χ1n) is 8.30. The van der Waals surface area contributed by atoms with Crippen LogP contribution in [-0.4, -0.2) is 36.4 Å². The van der Waals surface area contributed by atoms with E-state index in [1.54, 1.807) is 41.0 Å². The van der Waals surface area contributed by atoms with Crippen molar-refractivity contribution in [2.24, 2.45) is 0 Å². The number of ether oxygens (including phenoxy) is 1. The molecule has 9 heteroatoms. The summed E-state index contributed by atoms with van der Waals surface area (Å²) in [5.74, 6) is -1.27. The molecular formula is C19H17N3O4S2. The number of nitrogens with one attached hydrogen (secondary N) is 2. The smallest absolute Gasteiger partial charge is 0.312 e. The second kappa shape index (κ2) is 9.25. The lowest BCUT2D eigenvalue weighted by molar-refractivity contribution is -0.146. The Morgan fingerprint density at radius 2 is 2.04 bits per heavy atom. The summed E-state index contributed by atoms with van der Waals surface area (Å²) in [6.07, 6.45) is 0.0000729. The van der Waals surface area contributed by atoms with Crippen LogP contribution in [0.25, 0.3) is 10.6 Å². The van der Waals surface area contributed by atoms with Gasteiger partial charge in [0, 0.05) is 34.6 Å². The van der Waals surface area contributed by atoms with Gasteiger partial charge in [0.05, 0.1) is 12.1 Å². The van der Waals surface area contributed by atoms with Crippen molar-refractivity contribution in [3.8, 4) is 10.6 Å². The maximum Gasteiger partial charge on any atom is 0.312 e. The van der Waals surface area contributed by atoms with E-state index in [2.05, 4.69) is 15.6 Å². The highest BCUT2D eigenvalue weighted by Crippen LogP contribution is 2.25. The quantitative estimate of drug-likeness (QED) is 0.578. The number of thiazole rings is 1. The van der Waals surface area contributed by atoms with Crippen molar-refractivity contribution in [2.45, 2.75) is 6.42 Å². The number of carbonyl (C=O) groups is 3. The SMILES string of the molecule is CNC(=O)c1cccc(NC(=O)COC(=O)Cc2csc(-c3ccsc3)n2)c1. The molecule has 2 aromatic heterocycles. The molecule has 0 unspecified atom stereocenters. The predicted molar refractivity (Wildman–Crippen MR) is 109 cm³/mol. The first-order chi connectivity index (χ1) is 13.5. The standard InChI is InChI=1S/C19H17N3O4S2/c1-20-18(25)12-3-2-4-14(7-12)21-16(23)9-26-17(24)8-15-11-28-19(22-15)13-5-6-27-10-13/h2-7,10-11H,8-9H2,1H3,(H,20,25)(H,21,23). The van der Waals surface area contributed by atoms with Gasteiger partial charge in [0.1, 0.15) is 5.01 Å². The van der Waals surface area contributed by atoms with Crippen LogP contribution in [0.2, 0.25) is 0 Å². The zero-order chi connectivity index (χ0) is 19.9. The van der Waals surface area contributed by atoms with Crippen LogP contribution < -0.4 is 10.6 Å². The molecule has 0 bridgehead atoms. The largest absolute Gasteiger partial charge is 0.455 e. The summed E-state index contributed by atoms with van der Waals surface area (Å²) in [5.41, 5.74) is 2.49. The third-order valence-electron chi connectivity index (χ3n) is 3.65. The maximum atomic E-state index is 12.0. The van der Waals surface area contributed by atoms with Gasteiger partial charge < -0.3 is 15.4 Å². The topological polar surface area (TPSA) is 97.4 Å². The minimum Gasteiger partial charge on any atom is -0.455 e. The zero-order valence-corrected chi connectivity index (χ0v) is 16.6. The molecular weight excluding hydrogens is 398 g/mol. The Bertz CT molecular complexity index is 983. The Balaban J connectivity index is 1.48. The number of benzene rings is 1. The van der Waals surface area contributed by atoms with Gasteiger partial charge in [0.15, 0.2) is 6.61 Å². The third-order valence-corrected chi connectivity index (χ3v) is 5.27.